The van der Waals surface area contributed by atoms with Crippen LogP contribution in [0.25, 0.3) is 11.1 Å². The molecule has 1 aromatic heterocycles. The molecule has 2 rings (SSSR count). The molecule has 0 aliphatic heterocycles. The van der Waals surface area contributed by atoms with Crippen LogP contribution in [0.2, 0.25) is 5.15 Å². The van der Waals surface area contributed by atoms with Crippen molar-refractivity contribution in [2.75, 3.05) is 5.73 Å². The molecule has 0 spiro atoms. The second kappa shape index (κ2) is 4.10. The molecule has 0 aliphatic carbocycles. The average Bonchev–Trinajstić information content (AvgIpc) is 2.25. The minimum absolute atomic E-state index is 0.375. The van der Waals surface area contributed by atoms with Crippen molar-refractivity contribution in [1.29, 1.82) is 0 Å². The van der Waals surface area contributed by atoms with Crippen molar-refractivity contribution >= 4 is 17.4 Å². The Bertz CT molecular complexity index is 488. The number of halogens is 1. The Balaban J connectivity index is 2.66. The highest BCUT2D eigenvalue weighted by atomic mass is 35.5. The number of aromatic nitrogens is 2. The molecule has 0 aliphatic rings. The molecule has 3 nitrogen and oxygen atoms in total. The molecule has 82 valence electrons. The molecule has 0 unspecified atom stereocenters. The van der Waals surface area contributed by atoms with E-state index in [0.717, 1.165) is 16.7 Å². The Labute approximate surface area is 99.3 Å². The van der Waals surface area contributed by atoms with Gasteiger partial charge in [-0.05, 0) is 31.0 Å². The molecular formula is C12H12ClN3. The molecule has 2 aromatic rings. The van der Waals surface area contributed by atoms with Gasteiger partial charge in [0.25, 0.3) is 0 Å². The van der Waals surface area contributed by atoms with Crippen LogP contribution in [0.3, 0.4) is 0 Å². The summed E-state index contributed by atoms with van der Waals surface area (Å²) in [6.45, 7) is 4.07. The highest BCUT2D eigenvalue weighted by Crippen LogP contribution is 2.30. The van der Waals surface area contributed by atoms with E-state index in [0.29, 0.717) is 11.0 Å². The first-order valence-electron chi connectivity index (χ1n) is 4.94. The summed E-state index contributed by atoms with van der Waals surface area (Å²) in [6.07, 6.45) is 0. The number of nitrogens with zero attached hydrogens (tertiary/aromatic N) is 2. The lowest BCUT2D eigenvalue weighted by Crippen LogP contribution is -1.96. The zero-order chi connectivity index (χ0) is 11.7. The standard InChI is InChI=1S/C12H12ClN3/c1-7-3-4-8(2)9(5-7)10-6-11(14)15-16-12(10)13/h3-6H,1-2H3,(H2,14,15). The van der Waals surface area contributed by atoms with Crippen molar-refractivity contribution in [3.63, 3.8) is 0 Å². The fraction of sp³-hybridized carbons (Fsp3) is 0.167. The molecule has 0 saturated heterocycles. The smallest absolute Gasteiger partial charge is 0.159 e. The van der Waals surface area contributed by atoms with Crippen LogP contribution >= 0.6 is 11.6 Å². The lowest BCUT2D eigenvalue weighted by atomic mass is 10.00. The van der Waals surface area contributed by atoms with E-state index in [4.69, 9.17) is 17.3 Å². The summed E-state index contributed by atoms with van der Waals surface area (Å²) in [5, 5.41) is 7.91. The van der Waals surface area contributed by atoms with Gasteiger partial charge >= 0.3 is 0 Å². The summed E-state index contributed by atoms with van der Waals surface area (Å²) in [5.41, 5.74) is 9.81. The van der Waals surface area contributed by atoms with E-state index in [2.05, 4.69) is 28.4 Å². The van der Waals surface area contributed by atoms with Gasteiger partial charge in [-0.1, -0.05) is 35.4 Å². The fourth-order valence-corrected chi connectivity index (χ4v) is 1.80. The van der Waals surface area contributed by atoms with E-state index in [9.17, 15) is 0 Å². The first kappa shape index (κ1) is 10.9. The maximum Gasteiger partial charge on any atom is 0.159 e. The van der Waals surface area contributed by atoms with Crippen LogP contribution in [0.15, 0.2) is 24.3 Å². The minimum atomic E-state index is 0.375. The van der Waals surface area contributed by atoms with Crippen molar-refractivity contribution < 1.29 is 0 Å². The van der Waals surface area contributed by atoms with Crippen molar-refractivity contribution in [1.82, 2.24) is 10.2 Å². The topological polar surface area (TPSA) is 51.8 Å². The van der Waals surface area contributed by atoms with Crippen LogP contribution in [0, 0.1) is 13.8 Å². The quantitative estimate of drug-likeness (QED) is 0.824. The van der Waals surface area contributed by atoms with Gasteiger partial charge in [0.05, 0.1) is 0 Å². The normalized spacial score (nSPS) is 10.4. The van der Waals surface area contributed by atoms with Gasteiger partial charge < -0.3 is 5.73 Å². The maximum absolute atomic E-state index is 6.03. The number of anilines is 1. The Hall–Kier alpha value is -1.61. The van der Waals surface area contributed by atoms with Gasteiger partial charge in [0.1, 0.15) is 5.82 Å². The van der Waals surface area contributed by atoms with Gasteiger partial charge in [0.2, 0.25) is 0 Å². The third kappa shape index (κ3) is 1.99. The Morgan fingerprint density at radius 3 is 2.56 bits per heavy atom. The van der Waals surface area contributed by atoms with Crippen LogP contribution in [-0.2, 0) is 0 Å². The van der Waals surface area contributed by atoms with Gasteiger partial charge in [-0.3, -0.25) is 0 Å². The minimum Gasteiger partial charge on any atom is -0.382 e. The van der Waals surface area contributed by atoms with E-state index < -0.39 is 0 Å². The molecule has 0 atom stereocenters. The second-order valence-electron chi connectivity index (χ2n) is 3.79. The zero-order valence-electron chi connectivity index (χ0n) is 9.16. The van der Waals surface area contributed by atoms with Gasteiger partial charge in [0, 0.05) is 5.56 Å². The predicted octanol–water partition coefficient (Wildman–Crippen LogP) is 3.00. The van der Waals surface area contributed by atoms with Crippen LogP contribution < -0.4 is 5.73 Å². The molecule has 16 heavy (non-hydrogen) atoms. The third-order valence-electron chi connectivity index (χ3n) is 2.45. The first-order chi connectivity index (χ1) is 7.58. The molecule has 1 heterocycles. The Kier molecular flexibility index (Phi) is 2.79. The zero-order valence-corrected chi connectivity index (χ0v) is 9.92. The van der Waals surface area contributed by atoms with Crippen molar-refractivity contribution in [3.8, 4) is 11.1 Å². The molecule has 2 N–H and O–H groups in total. The molecule has 0 saturated carbocycles. The summed E-state index contributed by atoms with van der Waals surface area (Å²) in [4.78, 5) is 0. The van der Waals surface area contributed by atoms with E-state index in [1.807, 2.05) is 13.8 Å². The largest absolute Gasteiger partial charge is 0.382 e. The number of rotatable bonds is 1. The highest BCUT2D eigenvalue weighted by molar-refractivity contribution is 6.32. The van der Waals surface area contributed by atoms with E-state index >= 15 is 0 Å². The summed E-state index contributed by atoms with van der Waals surface area (Å²) >= 11 is 6.03. The number of nitrogens with two attached hydrogens (primary N) is 1. The second-order valence-corrected chi connectivity index (χ2v) is 4.15. The summed E-state index contributed by atoms with van der Waals surface area (Å²) < 4.78 is 0. The lowest BCUT2D eigenvalue weighted by Gasteiger charge is -2.08. The first-order valence-corrected chi connectivity index (χ1v) is 5.32. The average molecular weight is 234 g/mol. The van der Waals surface area contributed by atoms with Crippen LogP contribution in [0.4, 0.5) is 5.82 Å². The van der Waals surface area contributed by atoms with Gasteiger partial charge in [-0.2, -0.15) is 0 Å². The van der Waals surface area contributed by atoms with Crippen LogP contribution in [0.1, 0.15) is 11.1 Å². The number of nitrogen functional groups attached to an aromatic ring is 1. The highest BCUT2D eigenvalue weighted by Gasteiger charge is 2.09. The number of hydrogen-bond acceptors (Lipinski definition) is 3. The molecule has 0 radical (unpaired) electrons. The molecule has 0 fully saturated rings. The molecular weight excluding hydrogens is 222 g/mol. The molecule has 0 amide bonds. The number of hydrogen-bond donors (Lipinski definition) is 1. The van der Waals surface area contributed by atoms with Crippen molar-refractivity contribution in [2.24, 2.45) is 0 Å². The van der Waals surface area contributed by atoms with Crippen molar-refractivity contribution in [2.45, 2.75) is 13.8 Å². The van der Waals surface area contributed by atoms with Crippen LogP contribution in [-0.4, -0.2) is 10.2 Å². The van der Waals surface area contributed by atoms with Gasteiger partial charge in [-0.15, -0.1) is 10.2 Å². The Morgan fingerprint density at radius 2 is 1.81 bits per heavy atom. The Morgan fingerprint density at radius 1 is 1.06 bits per heavy atom. The molecule has 4 heteroatoms. The monoisotopic (exact) mass is 233 g/mol. The van der Waals surface area contributed by atoms with Gasteiger partial charge in [-0.25, -0.2) is 0 Å². The van der Waals surface area contributed by atoms with E-state index in [1.165, 1.54) is 5.56 Å². The third-order valence-corrected chi connectivity index (χ3v) is 2.73. The molecule has 0 bridgehead atoms. The lowest BCUT2D eigenvalue weighted by molar-refractivity contribution is 1.04. The predicted molar refractivity (Wildman–Crippen MR) is 66.4 cm³/mol. The van der Waals surface area contributed by atoms with E-state index in [-0.39, 0.29) is 0 Å². The summed E-state index contributed by atoms with van der Waals surface area (Å²) in [6, 6.07) is 7.93. The summed E-state index contributed by atoms with van der Waals surface area (Å²) in [7, 11) is 0. The number of aryl methyl sites for hydroxylation is 2. The maximum atomic E-state index is 6.03. The summed E-state index contributed by atoms with van der Waals surface area (Å²) in [5.74, 6) is 0.375. The number of benzene rings is 1. The fourth-order valence-electron chi connectivity index (χ4n) is 1.61. The SMILES string of the molecule is Cc1ccc(C)c(-c2cc(N)nnc2Cl)c1. The van der Waals surface area contributed by atoms with Gasteiger partial charge in [0.15, 0.2) is 5.15 Å². The van der Waals surface area contributed by atoms with E-state index in [1.54, 1.807) is 6.07 Å². The van der Waals surface area contributed by atoms with Crippen LogP contribution in [0.5, 0.6) is 0 Å². The van der Waals surface area contributed by atoms with Crippen molar-refractivity contribution in [3.05, 3.63) is 40.5 Å². The molecule has 1 aromatic carbocycles.